The Hall–Kier alpha value is -0.100. The van der Waals surface area contributed by atoms with Gasteiger partial charge in [-0.2, -0.15) is 0 Å². The standard InChI is InChI=1S/C9H4BrCl2FN2S/c1-16-9-14-7-5(8(12)15-9)3(10)2-4(11)6(7)13/h2H,1H3. The molecule has 0 aliphatic heterocycles. The number of thioether (sulfide) groups is 1. The van der Waals surface area contributed by atoms with Gasteiger partial charge in [-0.15, -0.1) is 0 Å². The Kier molecular flexibility index (Phi) is 3.59. The third-order valence-electron chi connectivity index (χ3n) is 1.94. The summed E-state index contributed by atoms with van der Waals surface area (Å²) in [6.45, 7) is 0. The van der Waals surface area contributed by atoms with E-state index in [0.717, 1.165) is 0 Å². The van der Waals surface area contributed by atoms with Gasteiger partial charge >= 0.3 is 0 Å². The van der Waals surface area contributed by atoms with Crippen LogP contribution in [0.2, 0.25) is 10.2 Å². The quantitative estimate of drug-likeness (QED) is 0.329. The summed E-state index contributed by atoms with van der Waals surface area (Å²) in [5.74, 6) is -0.584. The van der Waals surface area contributed by atoms with E-state index in [1.807, 2.05) is 0 Å². The fourth-order valence-electron chi connectivity index (χ4n) is 1.24. The Morgan fingerprint density at radius 2 is 2.06 bits per heavy atom. The van der Waals surface area contributed by atoms with E-state index in [9.17, 15) is 4.39 Å². The molecule has 0 aliphatic carbocycles. The van der Waals surface area contributed by atoms with E-state index in [1.165, 1.54) is 17.8 Å². The van der Waals surface area contributed by atoms with Gasteiger partial charge in [-0.05, 0) is 28.3 Å². The number of hydrogen-bond donors (Lipinski definition) is 0. The zero-order valence-electron chi connectivity index (χ0n) is 7.89. The smallest absolute Gasteiger partial charge is 0.189 e. The first-order valence-corrected chi connectivity index (χ1v) is 6.86. The summed E-state index contributed by atoms with van der Waals surface area (Å²) in [4.78, 5) is 8.08. The van der Waals surface area contributed by atoms with E-state index in [1.54, 1.807) is 6.26 Å². The van der Waals surface area contributed by atoms with Crippen molar-refractivity contribution in [3.8, 4) is 0 Å². The molecular formula is C9H4BrCl2FN2S. The molecule has 84 valence electrons. The molecule has 0 saturated heterocycles. The van der Waals surface area contributed by atoms with Crippen molar-refractivity contribution in [1.82, 2.24) is 9.97 Å². The Morgan fingerprint density at radius 1 is 1.38 bits per heavy atom. The molecule has 1 aromatic heterocycles. The monoisotopic (exact) mass is 340 g/mol. The van der Waals surface area contributed by atoms with E-state index in [0.29, 0.717) is 15.0 Å². The van der Waals surface area contributed by atoms with Gasteiger partial charge in [-0.25, -0.2) is 14.4 Å². The highest BCUT2D eigenvalue weighted by Gasteiger charge is 2.15. The van der Waals surface area contributed by atoms with Crippen LogP contribution >= 0.6 is 50.9 Å². The minimum Gasteiger partial charge on any atom is -0.219 e. The van der Waals surface area contributed by atoms with E-state index >= 15 is 0 Å². The molecule has 0 spiro atoms. The van der Waals surface area contributed by atoms with Crippen molar-refractivity contribution < 1.29 is 4.39 Å². The van der Waals surface area contributed by atoms with Gasteiger partial charge in [0.05, 0.1) is 10.4 Å². The molecule has 0 saturated carbocycles. The van der Waals surface area contributed by atoms with Gasteiger partial charge in [0.25, 0.3) is 0 Å². The molecular weight excluding hydrogens is 338 g/mol. The second-order valence-electron chi connectivity index (χ2n) is 2.88. The zero-order valence-corrected chi connectivity index (χ0v) is 11.8. The maximum Gasteiger partial charge on any atom is 0.189 e. The van der Waals surface area contributed by atoms with E-state index in [4.69, 9.17) is 23.2 Å². The highest BCUT2D eigenvalue weighted by molar-refractivity contribution is 9.10. The summed E-state index contributed by atoms with van der Waals surface area (Å²) in [6.07, 6.45) is 1.79. The van der Waals surface area contributed by atoms with Crippen LogP contribution < -0.4 is 0 Å². The molecule has 0 aliphatic rings. The molecule has 7 heteroatoms. The molecule has 0 radical (unpaired) electrons. The molecule has 2 aromatic rings. The average Bonchev–Trinajstić information content (AvgIpc) is 2.24. The van der Waals surface area contributed by atoms with Gasteiger partial charge in [-0.1, -0.05) is 35.0 Å². The fraction of sp³-hybridized carbons (Fsp3) is 0.111. The number of hydrogen-bond acceptors (Lipinski definition) is 3. The van der Waals surface area contributed by atoms with Crippen molar-refractivity contribution in [2.75, 3.05) is 6.26 Å². The highest BCUT2D eigenvalue weighted by Crippen LogP contribution is 2.35. The van der Waals surface area contributed by atoms with Crippen LogP contribution in [0, 0.1) is 5.82 Å². The van der Waals surface area contributed by atoms with Crippen LogP contribution in [0.1, 0.15) is 0 Å². The van der Waals surface area contributed by atoms with Gasteiger partial charge in [0.15, 0.2) is 11.0 Å². The first-order chi connectivity index (χ1) is 7.54. The lowest BCUT2D eigenvalue weighted by molar-refractivity contribution is 0.635. The van der Waals surface area contributed by atoms with Crippen molar-refractivity contribution in [2.45, 2.75) is 5.16 Å². The molecule has 0 atom stereocenters. The molecule has 0 bridgehead atoms. The van der Waals surface area contributed by atoms with Crippen molar-refractivity contribution in [3.05, 3.63) is 26.5 Å². The second-order valence-corrected chi connectivity index (χ2v) is 5.27. The lowest BCUT2D eigenvalue weighted by atomic mass is 10.2. The maximum atomic E-state index is 13.8. The third kappa shape index (κ3) is 2.01. The number of fused-ring (bicyclic) bond motifs is 1. The van der Waals surface area contributed by atoms with Crippen molar-refractivity contribution in [3.63, 3.8) is 0 Å². The molecule has 1 heterocycles. The summed E-state index contributed by atoms with van der Waals surface area (Å²) >= 11 is 16.2. The summed E-state index contributed by atoms with van der Waals surface area (Å²) in [5.41, 5.74) is 0.128. The van der Waals surface area contributed by atoms with Crippen LogP contribution in [-0.4, -0.2) is 16.2 Å². The lowest BCUT2D eigenvalue weighted by Crippen LogP contribution is -1.94. The Bertz CT molecular complexity index is 579. The normalized spacial score (nSPS) is 11.1. The number of nitrogens with zero attached hydrogens (tertiary/aromatic N) is 2. The molecule has 0 fully saturated rings. The molecule has 16 heavy (non-hydrogen) atoms. The van der Waals surface area contributed by atoms with Crippen LogP contribution in [0.5, 0.6) is 0 Å². The Labute approximate surface area is 114 Å². The topological polar surface area (TPSA) is 25.8 Å². The van der Waals surface area contributed by atoms with E-state index in [2.05, 4.69) is 25.9 Å². The largest absolute Gasteiger partial charge is 0.219 e. The maximum absolute atomic E-state index is 13.8. The molecule has 0 N–H and O–H groups in total. The second kappa shape index (κ2) is 4.64. The number of aromatic nitrogens is 2. The van der Waals surface area contributed by atoms with E-state index in [-0.39, 0.29) is 15.7 Å². The van der Waals surface area contributed by atoms with Crippen LogP contribution in [0.4, 0.5) is 4.39 Å². The highest BCUT2D eigenvalue weighted by atomic mass is 79.9. The van der Waals surface area contributed by atoms with Gasteiger partial charge < -0.3 is 0 Å². The molecule has 0 unspecified atom stereocenters. The average molecular weight is 342 g/mol. The zero-order chi connectivity index (χ0) is 11.9. The van der Waals surface area contributed by atoms with Crippen LogP contribution in [0.25, 0.3) is 10.9 Å². The molecule has 0 amide bonds. The predicted octanol–water partition coefficient (Wildman–Crippen LogP) is 4.56. The summed E-state index contributed by atoms with van der Waals surface area (Å²) in [5, 5.41) is 1.05. The number of halogens is 4. The fourth-order valence-corrected chi connectivity index (χ4v) is 2.97. The Morgan fingerprint density at radius 3 is 2.69 bits per heavy atom. The van der Waals surface area contributed by atoms with Gasteiger partial charge in [0, 0.05) is 4.47 Å². The van der Waals surface area contributed by atoms with Gasteiger partial charge in [0.2, 0.25) is 0 Å². The number of rotatable bonds is 1. The third-order valence-corrected chi connectivity index (χ3v) is 3.66. The number of benzene rings is 1. The lowest BCUT2D eigenvalue weighted by Gasteiger charge is -2.06. The molecule has 2 rings (SSSR count). The van der Waals surface area contributed by atoms with Gasteiger partial charge in [-0.3, -0.25) is 0 Å². The van der Waals surface area contributed by atoms with Crippen molar-refractivity contribution in [2.24, 2.45) is 0 Å². The Balaban J connectivity index is 2.94. The minimum atomic E-state index is -0.584. The van der Waals surface area contributed by atoms with Crippen molar-refractivity contribution >= 4 is 61.8 Å². The first kappa shape index (κ1) is 12.4. The summed E-state index contributed by atoms with van der Waals surface area (Å²) < 4.78 is 14.3. The summed E-state index contributed by atoms with van der Waals surface area (Å²) in [6, 6.07) is 1.44. The predicted molar refractivity (Wildman–Crippen MR) is 69.0 cm³/mol. The van der Waals surface area contributed by atoms with Crippen LogP contribution in [-0.2, 0) is 0 Å². The molecule has 2 nitrogen and oxygen atoms in total. The first-order valence-electron chi connectivity index (χ1n) is 4.09. The van der Waals surface area contributed by atoms with Crippen LogP contribution in [0.3, 0.4) is 0 Å². The van der Waals surface area contributed by atoms with Gasteiger partial charge in [0.1, 0.15) is 10.7 Å². The SMILES string of the molecule is CSc1nc(Cl)c2c(Br)cc(Cl)c(F)c2n1. The van der Waals surface area contributed by atoms with Crippen LogP contribution in [0.15, 0.2) is 15.7 Å². The summed E-state index contributed by atoms with van der Waals surface area (Å²) in [7, 11) is 0. The van der Waals surface area contributed by atoms with Crippen molar-refractivity contribution in [1.29, 1.82) is 0 Å². The van der Waals surface area contributed by atoms with E-state index < -0.39 is 5.82 Å². The minimum absolute atomic E-state index is 0.00111. The molecule has 1 aromatic carbocycles.